The predicted molar refractivity (Wildman–Crippen MR) is 70.1 cm³/mol. The molecule has 0 radical (unpaired) electrons. The highest BCUT2D eigenvalue weighted by molar-refractivity contribution is 8.03. The lowest BCUT2D eigenvalue weighted by Crippen LogP contribution is -1.96. The number of thioether (sulfide) groups is 1. The second-order valence-corrected chi connectivity index (χ2v) is 6.32. The van der Waals surface area contributed by atoms with E-state index >= 15 is 0 Å². The van der Waals surface area contributed by atoms with Crippen LogP contribution in [0.25, 0.3) is 0 Å². The average Bonchev–Trinajstić information content (AvgIpc) is 2.77. The fraction of sp³-hybridized carbons (Fsp3) is 0.200. The molecule has 2 aromatic heterocycles. The van der Waals surface area contributed by atoms with Crippen LogP contribution in [0.15, 0.2) is 32.0 Å². The van der Waals surface area contributed by atoms with Crippen molar-refractivity contribution in [3.8, 4) is 0 Å². The number of pyridine rings is 1. The Morgan fingerprint density at radius 3 is 2.76 bits per heavy atom. The Bertz CT molecular complexity index is 541. The van der Waals surface area contributed by atoms with Crippen molar-refractivity contribution in [1.29, 1.82) is 0 Å². The second kappa shape index (κ2) is 5.61. The highest BCUT2D eigenvalue weighted by Crippen LogP contribution is 2.33. The molecule has 0 unspecified atom stereocenters. The number of carbonyl (C=O) groups excluding carboxylic acids is 1. The molecular formula is C10H9N3OS3. The van der Waals surface area contributed by atoms with Gasteiger partial charge in [-0.15, -0.1) is 10.2 Å². The van der Waals surface area contributed by atoms with Crippen molar-refractivity contribution in [2.45, 2.75) is 20.6 Å². The number of rotatable bonds is 4. The number of carbonyl (C=O) groups is 1. The first-order valence-corrected chi connectivity index (χ1v) is 7.58. The second-order valence-electron chi connectivity index (χ2n) is 3.05. The molecule has 2 rings (SSSR count). The van der Waals surface area contributed by atoms with Crippen LogP contribution in [0.5, 0.6) is 0 Å². The molecule has 2 aromatic rings. The first-order chi connectivity index (χ1) is 8.20. The molecule has 4 nitrogen and oxygen atoms in total. The predicted octanol–water partition coefficient (Wildman–Crippen LogP) is 3.01. The van der Waals surface area contributed by atoms with Crippen molar-refractivity contribution in [3.63, 3.8) is 0 Å². The summed E-state index contributed by atoms with van der Waals surface area (Å²) in [6.45, 7) is 1.54. The van der Waals surface area contributed by atoms with Gasteiger partial charge in [-0.1, -0.05) is 23.1 Å². The summed E-state index contributed by atoms with van der Waals surface area (Å²) >= 11 is 4.43. The molecule has 0 aliphatic heterocycles. The molecule has 0 saturated carbocycles. The van der Waals surface area contributed by atoms with Crippen molar-refractivity contribution < 1.29 is 4.79 Å². The molecule has 0 spiro atoms. The minimum Gasteiger partial charge on any atom is -0.294 e. The fourth-order valence-corrected chi connectivity index (χ4v) is 3.63. The molecule has 0 aliphatic rings. The van der Waals surface area contributed by atoms with Crippen molar-refractivity contribution in [2.24, 2.45) is 0 Å². The van der Waals surface area contributed by atoms with Crippen molar-refractivity contribution >= 4 is 40.6 Å². The Hall–Kier alpha value is -0.920. The molecule has 0 saturated heterocycles. The zero-order valence-electron chi connectivity index (χ0n) is 9.21. The van der Waals surface area contributed by atoms with E-state index in [0.29, 0.717) is 10.6 Å². The van der Waals surface area contributed by atoms with E-state index in [2.05, 4.69) is 15.2 Å². The highest BCUT2D eigenvalue weighted by atomic mass is 32.2. The Morgan fingerprint density at radius 1 is 1.35 bits per heavy atom. The van der Waals surface area contributed by atoms with Crippen LogP contribution in [0, 0.1) is 0 Å². The summed E-state index contributed by atoms with van der Waals surface area (Å²) in [6, 6.07) is 3.53. The summed E-state index contributed by atoms with van der Waals surface area (Å²) < 4.78 is 1.71. The van der Waals surface area contributed by atoms with Crippen molar-refractivity contribution in [3.05, 3.63) is 23.9 Å². The first kappa shape index (κ1) is 12.5. The third-order valence-electron chi connectivity index (χ3n) is 1.90. The molecule has 7 heteroatoms. The fourth-order valence-electron chi connectivity index (χ4n) is 1.14. The normalized spacial score (nSPS) is 10.5. The summed E-state index contributed by atoms with van der Waals surface area (Å²) in [7, 11) is 0. The van der Waals surface area contributed by atoms with E-state index in [4.69, 9.17) is 0 Å². The SMILES string of the molecule is CSc1nnc(Sc2ncccc2C(C)=O)s1. The smallest absolute Gasteiger partial charge is 0.181 e. The van der Waals surface area contributed by atoms with E-state index in [1.54, 1.807) is 30.1 Å². The van der Waals surface area contributed by atoms with Gasteiger partial charge in [-0.3, -0.25) is 4.79 Å². The van der Waals surface area contributed by atoms with Crippen molar-refractivity contribution in [1.82, 2.24) is 15.2 Å². The molecule has 17 heavy (non-hydrogen) atoms. The molecule has 0 aliphatic carbocycles. The van der Waals surface area contributed by atoms with Crippen LogP contribution >= 0.6 is 34.9 Å². The van der Waals surface area contributed by atoms with Gasteiger partial charge >= 0.3 is 0 Å². The van der Waals surface area contributed by atoms with E-state index in [-0.39, 0.29) is 5.78 Å². The molecule has 88 valence electrons. The zero-order chi connectivity index (χ0) is 12.3. The average molecular weight is 283 g/mol. The van der Waals surface area contributed by atoms with Gasteiger partial charge in [0.1, 0.15) is 5.03 Å². The van der Waals surface area contributed by atoms with Crippen LogP contribution in [0.4, 0.5) is 0 Å². The standard InChI is InChI=1S/C10H9N3OS3/c1-6(14)7-4-3-5-11-8(7)16-10-13-12-9(15-2)17-10/h3-5H,1-2H3. The quantitative estimate of drug-likeness (QED) is 0.635. The monoisotopic (exact) mass is 283 g/mol. The number of hydrogen-bond donors (Lipinski definition) is 0. The summed E-state index contributed by atoms with van der Waals surface area (Å²) in [5, 5.41) is 8.73. The molecule has 2 heterocycles. The van der Waals surface area contributed by atoms with Crippen LogP contribution in [0.2, 0.25) is 0 Å². The van der Waals surface area contributed by atoms with Crippen molar-refractivity contribution in [2.75, 3.05) is 6.26 Å². The maximum atomic E-state index is 11.4. The van der Waals surface area contributed by atoms with Gasteiger partial charge in [0.2, 0.25) is 0 Å². The van der Waals surface area contributed by atoms with Gasteiger partial charge in [0.05, 0.1) is 0 Å². The van der Waals surface area contributed by atoms with Crippen LogP contribution in [-0.4, -0.2) is 27.2 Å². The molecular weight excluding hydrogens is 274 g/mol. The molecule has 0 bridgehead atoms. The molecule has 0 amide bonds. The molecule has 0 fully saturated rings. The number of Topliss-reactive ketones (excluding diaryl/α,β-unsaturated/α-hetero) is 1. The summed E-state index contributed by atoms with van der Waals surface area (Å²) in [5.74, 6) is 0.00945. The third kappa shape index (κ3) is 3.05. The minimum absolute atomic E-state index is 0.00945. The lowest BCUT2D eigenvalue weighted by molar-refractivity contribution is 0.101. The van der Waals surface area contributed by atoms with Gasteiger partial charge in [-0.2, -0.15) is 0 Å². The number of ketones is 1. The molecule has 0 aromatic carbocycles. The molecule has 0 atom stereocenters. The van der Waals surface area contributed by atoms with Crippen LogP contribution < -0.4 is 0 Å². The molecule has 0 N–H and O–H groups in total. The maximum Gasteiger partial charge on any atom is 0.181 e. The summed E-state index contributed by atoms with van der Waals surface area (Å²) in [4.78, 5) is 15.6. The lowest BCUT2D eigenvalue weighted by Gasteiger charge is -2.01. The largest absolute Gasteiger partial charge is 0.294 e. The highest BCUT2D eigenvalue weighted by Gasteiger charge is 2.12. The van der Waals surface area contributed by atoms with E-state index in [9.17, 15) is 4.79 Å². The van der Waals surface area contributed by atoms with Gasteiger partial charge < -0.3 is 0 Å². The van der Waals surface area contributed by atoms with E-state index in [1.807, 2.05) is 6.26 Å². The third-order valence-corrected chi connectivity index (χ3v) is 4.87. The summed E-state index contributed by atoms with van der Waals surface area (Å²) in [6.07, 6.45) is 3.63. The van der Waals surface area contributed by atoms with E-state index < -0.39 is 0 Å². The minimum atomic E-state index is 0.00945. The van der Waals surface area contributed by atoms with Crippen LogP contribution in [0.1, 0.15) is 17.3 Å². The van der Waals surface area contributed by atoms with Gasteiger partial charge in [0.15, 0.2) is 14.5 Å². The van der Waals surface area contributed by atoms with Gasteiger partial charge in [-0.25, -0.2) is 4.98 Å². The number of hydrogen-bond acceptors (Lipinski definition) is 7. The number of aromatic nitrogens is 3. The Morgan fingerprint density at radius 2 is 2.12 bits per heavy atom. The maximum absolute atomic E-state index is 11.4. The van der Waals surface area contributed by atoms with E-state index in [1.165, 1.54) is 30.0 Å². The summed E-state index contributed by atoms with van der Waals surface area (Å²) in [5.41, 5.74) is 0.624. The lowest BCUT2D eigenvalue weighted by atomic mass is 10.2. The Balaban J connectivity index is 2.26. The Labute approximate surface area is 111 Å². The first-order valence-electron chi connectivity index (χ1n) is 4.72. The topological polar surface area (TPSA) is 55.7 Å². The van der Waals surface area contributed by atoms with Crippen LogP contribution in [-0.2, 0) is 0 Å². The van der Waals surface area contributed by atoms with Crippen LogP contribution in [0.3, 0.4) is 0 Å². The zero-order valence-corrected chi connectivity index (χ0v) is 11.7. The Kier molecular flexibility index (Phi) is 4.14. The van der Waals surface area contributed by atoms with E-state index in [0.717, 1.165) is 8.68 Å². The van der Waals surface area contributed by atoms with Gasteiger partial charge in [-0.05, 0) is 37.1 Å². The van der Waals surface area contributed by atoms with Gasteiger partial charge in [0.25, 0.3) is 0 Å². The van der Waals surface area contributed by atoms with Gasteiger partial charge in [0, 0.05) is 11.8 Å². The number of nitrogens with zero attached hydrogens (tertiary/aromatic N) is 3.